The minimum Gasteiger partial charge on any atom is -0.377 e. The van der Waals surface area contributed by atoms with Gasteiger partial charge in [-0.1, -0.05) is 61.0 Å². The zero-order valence-electron chi connectivity index (χ0n) is 14.6. The Morgan fingerprint density at radius 1 is 0.750 bits per heavy atom. The number of benzene rings is 2. The van der Waals surface area contributed by atoms with Crippen molar-refractivity contribution in [3.05, 3.63) is 71.3 Å². The standard InChI is InChI=1S/C22H29NO/c1-3-8-20(9-4-1)10-7-17-24-19-22-13-11-21(12-14-22)18-23-15-5-2-6-16-23/h1,3-4,8-9,11-14H,2,5-7,10,15-19H2. The van der Waals surface area contributed by atoms with Crippen LogP contribution in [0.5, 0.6) is 0 Å². The first-order valence-corrected chi connectivity index (χ1v) is 9.32. The van der Waals surface area contributed by atoms with Gasteiger partial charge in [-0.15, -0.1) is 0 Å². The number of piperidine rings is 1. The van der Waals surface area contributed by atoms with Gasteiger partial charge in [0.1, 0.15) is 0 Å². The summed E-state index contributed by atoms with van der Waals surface area (Å²) in [6.07, 6.45) is 6.29. The van der Waals surface area contributed by atoms with E-state index >= 15 is 0 Å². The van der Waals surface area contributed by atoms with Crippen LogP contribution in [0.1, 0.15) is 42.4 Å². The van der Waals surface area contributed by atoms with Gasteiger partial charge in [0.25, 0.3) is 0 Å². The Labute approximate surface area is 146 Å². The van der Waals surface area contributed by atoms with Crippen LogP contribution in [0.25, 0.3) is 0 Å². The number of rotatable bonds is 8. The second kappa shape index (κ2) is 9.61. The van der Waals surface area contributed by atoms with Crippen molar-refractivity contribution in [2.75, 3.05) is 19.7 Å². The van der Waals surface area contributed by atoms with Gasteiger partial charge in [-0.25, -0.2) is 0 Å². The lowest BCUT2D eigenvalue weighted by molar-refractivity contribution is 0.118. The van der Waals surface area contributed by atoms with E-state index in [1.54, 1.807) is 0 Å². The van der Waals surface area contributed by atoms with E-state index in [0.717, 1.165) is 32.6 Å². The summed E-state index contributed by atoms with van der Waals surface area (Å²) in [7, 11) is 0. The zero-order chi connectivity index (χ0) is 16.5. The van der Waals surface area contributed by atoms with Crippen molar-refractivity contribution in [2.45, 2.75) is 45.3 Å². The molecular weight excluding hydrogens is 294 g/mol. The highest BCUT2D eigenvalue weighted by atomic mass is 16.5. The van der Waals surface area contributed by atoms with Gasteiger partial charge in [-0.2, -0.15) is 0 Å². The zero-order valence-corrected chi connectivity index (χ0v) is 14.6. The maximum atomic E-state index is 5.82. The Balaban J connectivity index is 1.33. The van der Waals surface area contributed by atoms with E-state index in [-0.39, 0.29) is 0 Å². The molecule has 1 fully saturated rings. The highest BCUT2D eigenvalue weighted by molar-refractivity contribution is 5.22. The molecule has 1 heterocycles. The molecule has 1 aliphatic heterocycles. The van der Waals surface area contributed by atoms with Crippen molar-refractivity contribution >= 4 is 0 Å². The van der Waals surface area contributed by atoms with Crippen LogP contribution in [0, 0.1) is 0 Å². The van der Waals surface area contributed by atoms with Gasteiger partial charge < -0.3 is 4.74 Å². The molecule has 0 saturated carbocycles. The fourth-order valence-corrected chi connectivity index (χ4v) is 3.33. The molecule has 1 saturated heterocycles. The number of nitrogens with zero attached hydrogens (tertiary/aromatic N) is 1. The number of hydrogen-bond acceptors (Lipinski definition) is 2. The van der Waals surface area contributed by atoms with Crippen LogP contribution < -0.4 is 0 Å². The van der Waals surface area contributed by atoms with E-state index < -0.39 is 0 Å². The lowest BCUT2D eigenvalue weighted by Crippen LogP contribution is -2.29. The van der Waals surface area contributed by atoms with Crippen molar-refractivity contribution in [3.8, 4) is 0 Å². The van der Waals surface area contributed by atoms with Crippen molar-refractivity contribution in [1.29, 1.82) is 0 Å². The lowest BCUT2D eigenvalue weighted by atomic mass is 10.1. The average Bonchev–Trinajstić information content (AvgIpc) is 2.65. The molecule has 0 N–H and O–H groups in total. The van der Waals surface area contributed by atoms with Gasteiger partial charge in [0.15, 0.2) is 0 Å². The highest BCUT2D eigenvalue weighted by Crippen LogP contribution is 2.14. The van der Waals surface area contributed by atoms with Crippen LogP contribution in [-0.2, 0) is 24.3 Å². The van der Waals surface area contributed by atoms with Crippen molar-refractivity contribution in [3.63, 3.8) is 0 Å². The van der Waals surface area contributed by atoms with Gasteiger partial charge in [0.05, 0.1) is 6.61 Å². The predicted octanol–water partition coefficient (Wildman–Crippen LogP) is 4.82. The van der Waals surface area contributed by atoms with Crippen molar-refractivity contribution in [2.24, 2.45) is 0 Å². The van der Waals surface area contributed by atoms with Crippen molar-refractivity contribution in [1.82, 2.24) is 4.90 Å². The first kappa shape index (κ1) is 17.2. The fourth-order valence-electron chi connectivity index (χ4n) is 3.33. The predicted molar refractivity (Wildman–Crippen MR) is 100.0 cm³/mol. The number of aryl methyl sites for hydroxylation is 1. The molecule has 0 unspecified atom stereocenters. The quantitative estimate of drug-likeness (QED) is 0.646. The minimum absolute atomic E-state index is 0.721. The molecule has 1 aliphatic rings. The number of hydrogen-bond donors (Lipinski definition) is 0. The molecule has 0 aromatic heterocycles. The second-order valence-corrected chi connectivity index (χ2v) is 6.80. The second-order valence-electron chi connectivity index (χ2n) is 6.80. The van der Waals surface area contributed by atoms with Gasteiger partial charge in [-0.3, -0.25) is 4.90 Å². The van der Waals surface area contributed by atoms with E-state index in [4.69, 9.17) is 4.74 Å². The summed E-state index contributed by atoms with van der Waals surface area (Å²) >= 11 is 0. The molecule has 3 rings (SSSR count). The summed E-state index contributed by atoms with van der Waals surface area (Å²) in [5.41, 5.74) is 4.09. The van der Waals surface area contributed by atoms with Crippen LogP contribution in [0.4, 0.5) is 0 Å². The molecule has 2 heteroatoms. The first-order valence-electron chi connectivity index (χ1n) is 9.32. The number of likely N-dealkylation sites (tertiary alicyclic amines) is 1. The largest absolute Gasteiger partial charge is 0.377 e. The summed E-state index contributed by atoms with van der Waals surface area (Å²) in [5, 5.41) is 0. The Morgan fingerprint density at radius 2 is 1.46 bits per heavy atom. The van der Waals surface area contributed by atoms with Crippen LogP contribution >= 0.6 is 0 Å². The van der Waals surface area contributed by atoms with E-state index in [0.29, 0.717) is 0 Å². The SMILES string of the molecule is c1ccc(CCCOCc2ccc(CN3CCCCC3)cc2)cc1. The van der Waals surface area contributed by atoms with Crippen LogP contribution in [-0.4, -0.2) is 24.6 Å². The summed E-state index contributed by atoms with van der Waals surface area (Å²) in [4.78, 5) is 2.57. The van der Waals surface area contributed by atoms with E-state index in [9.17, 15) is 0 Å². The van der Waals surface area contributed by atoms with Crippen LogP contribution in [0.3, 0.4) is 0 Å². The maximum absolute atomic E-state index is 5.82. The van der Waals surface area contributed by atoms with Gasteiger partial charge >= 0.3 is 0 Å². The monoisotopic (exact) mass is 323 g/mol. The number of ether oxygens (including phenoxy) is 1. The first-order chi connectivity index (χ1) is 11.9. The summed E-state index contributed by atoms with van der Waals surface area (Å²) < 4.78 is 5.82. The topological polar surface area (TPSA) is 12.5 Å². The van der Waals surface area contributed by atoms with E-state index in [2.05, 4.69) is 59.5 Å². The molecule has 0 bridgehead atoms. The Hall–Kier alpha value is -1.64. The third-order valence-corrected chi connectivity index (χ3v) is 4.74. The maximum Gasteiger partial charge on any atom is 0.0716 e. The van der Waals surface area contributed by atoms with E-state index in [1.165, 1.54) is 49.0 Å². The molecule has 0 spiro atoms. The Bertz CT molecular complexity index is 573. The molecule has 0 atom stereocenters. The average molecular weight is 323 g/mol. The lowest BCUT2D eigenvalue weighted by Gasteiger charge is -2.26. The normalized spacial score (nSPS) is 15.5. The molecule has 0 aliphatic carbocycles. The van der Waals surface area contributed by atoms with Gasteiger partial charge in [0.2, 0.25) is 0 Å². The van der Waals surface area contributed by atoms with E-state index in [1.807, 2.05) is 0 Å². The third kappa shape index (κ3) is 5.77. The van der Waals surface area contributed by atoms with Gasteiger partial charge in [0, 0.05) is 13.2 Å². The van der Waals surface area contributed by atoms with Gasteiger partial charge in [-0.05, 0) is 55.5 Å². The fraction of sp³-hybridized carbons (Fsp3) is 0.455. The molecule has 2 nitrogen and oxygen atoms in total. The summed E-state index contributed by atoms with van der Waals surface area (Å²) in [6, 6.07) is 19.6. The van der Waals surface area contributed by atoms with Crippen molar-refractivity contribution < 1.29 is 4.74 Å². The molecule has 2 aromatic rings. The third-order valence-electron chi connectivity index (χ3n) is 4.74. The summed E-state index contributed by atoms with van der Waals surface area (Å²) in [6.45, 7) is 5.15. The highest BCUT2D eigenvalue weighted by Gasteiger charge is 2.10. The Morgan fingerprint density at radius 3 is 2.21 bits per heavy atom. The molecular formula is C22H29NO. The molecule has 128 valence electrons. The smallest absolute Gasteiger partial charge is 0.0716 e. The minimum atomic E-state index is 0.721. The molecule has 0 amide bonds. The van der Waals surface area contributed by atoms with Crippen LogP contribution in [0.15, 0.2) is 54.6 Å². The Kier molecular flexibility index (Phi) is 6.88. The molecule has 2 aromatic carbocycles. The van der Waals surface area contributed by atoms with Crippen LogP contribution in [0.2, 0.25) is 0 Å². The molecule has 0 radical (unpaired) electrons. The molecule has 24 heavy (non-hydrogen) atoms. The summed E-state index contributed by atoms with van der Waals surface area (Å²) in [5.74, 6) is 0.